The van der Waals surface area contributed by atoms with Crippen molar-refractivity contribution in [1.29, 1.82) is 5.26 Å². The number of anilines is 1. The first-order valence-corrected chi connectivity index (χ1v) is 9.03. The van der Waals surface area contributed by atoms with Crippen LogP contribution < -0.4 is 10.6 Å². The number of aryl methyl sites for hydroxylation is 1. The SMILES string of the molecule is C[C@H]1CCc2sc(NC(=S)NC(=O)c3ccccc3)c(C#N)c2C1. The van der Waals surface area contributed by atoms with Gasteiger partial charge in [0.1, 0.15) is 11.1 Å². The van der Waals surface area contributed by atoms with E-state index in [1.165, 1.54) is 4.88 Å². The molecule has 2 aromatic rings. The molecule has 1 atom stereocenters. The molecule has 0 spiro atoms. The molecule has 1 aliphatic rings. The number of rotatable bonds is 2. The Morgan fingerprint density at radius 2 is 2.12 bits per heavy atom. The summed E-state index contributed by atoms with van der Waals surface area (Å²) in [7, 11) is 0. The summed E-state index contributed by atoms with van der Waals surface area (Å²) in [6.07, 6.45) is 3.08. The third kappa shape index (κ3) is 3.48. The van der Waals surface area contributed by atoms with Crippen LogP contribution in [0.5, 0.6) is 0 Å². The molecule has 24 heavy (non-hydrogen) atoms. The summed E-state index contributed by atoms with van der Waals surface area (Å²) in [6.45, 7) is 2.21. The van der Waals surface area contributed by atoms with Crippen molar-refractivity contribution in [2.75, 3.05) is 5.32 Å². The number of amides is 1. The van der Waals surface area contributed by atoms with Gasteiger partial charge in [0, 0.05) is 10.4 Å². The molecular weight excluding hydrogens is 338 g/mol. The lowest BCUT2D eigenvalue weighted by Crippen LogP contribution is -2.34. The van der Waals surface area contributed by atoms with E-state index in [0.29, 0.717) is 17.0 Å². The molecule has 0 aliphatic heterocycles. The van der Waals surface area contributed by atoms with Crippen LogP contribution in [0.2, 0.25) is 0 Å². The summed E-state index contributed by atoms with van der Waals surface area (Å²) in [5.41, 5.74) is 2.35. The molecular formula is C18H17N3OS2. The van der Waals surface area contributed by atoms with Gasteiger partial charge in [-0.25, -0.2) is 0 Å². The highest BCUT2D eigenvalue weighted by Gasteiger charge is 2.24. The van der Waals surface area contributed by atoms with E-state index in [-0.39, 0.29) is 11.0 Å². The van der Waals surface area contributed by atoms with Crippen LogP contribution in [0.3, 0.4) is 0 Å². The lowest BCUT2D eigenvalue weighted by atomic mass is 9.88. The van der Waals surface area contributed by atoms with E-state index in [1.807, 2.05) is 6.07 Å². The molecule has 2 N–H and O–H groups in total. The number of nitrogens with one attached hydrogen (secondary N) is 2. The van der Waals surface area contributed by atoms with Gasteiger partial charge in [-0.3, -0.25) is 10.1 Å². The van der Waals surface area contributed by atoms with Crippen molar-refractivity contribution in [1.82, 2.24) is 5.32 Å². The molecule has 1 aromatic carbocycles. The maximum atomic E-state index is 12.1. The number of nitrogens with zero attached hydrogens (tertiary/aromatic N) is 1. The maximum Gasteiger partial charge on any atom is 0.257 e. The van der Waals surface area contributed by atoms with Gasteiger partial charge in [0.05, 0.1) is 5.56 Å². The molecule has 4 nitrogen and oxygen atoms in total. The Hall–Kier alpha value is -2.23. The summed E-state index contributed by atoms with van der Waals surface area (Å²) in [6, 6.07) is 11.2. The van der Waals surface area contributed by atoms with Crippen LogP contribution in [0.25, 0.3) is 0 Å². The lowest BCUT2D eigenvalue weighted by molar-refractivity contribution is 0.0977. The number of hydrogen-bond acceptors (Lipinski definition) is 4. The molecule has 6 heteroatoms. The molecule has 3 rings (SSSR count). The van der Waals surface area contributed by atoms with Gasteiger partial charge < -0.3 is 5.32 Å². The van der Waals surface area contributed by atoms with E-state index < -0.39 is 0 Å². The molecule has 1 amide bonds. The monoisotopic (exact) mass is 355 g/mol. The van der Waals surface area contributed by atoms with Gasteiger partial charge in [-0.1, -0.05) is 25.1 Å². The average molecular weight is 355 g/mol. The van der Waals surface area contributed by atoms with Gasteiger partial charge in [0.25, 0.3) is 5.91 Å². The minimum absolute atomic E-state index is 0.215. The summed E-state index contributed by atoms with van der Waals surface area (Å²) in [4.78, 5) is 13.4. The van der Waals surface area contributed by atoms with Crippen LogP contribution in [-0.4, -0.2) is 11.0 Å². The van der Waals surface area contributed by atoms with E-state index >= 15 is 0 Å². The van der Waals surface area contributed by atoms with Gasteiger partial charge in [-0.2, -0.15) is 5.26 Å². The van der Waals surface area contributed by atoms with Crippen molar-refractivity contribution in [3.8, 4) is 6.07 Å². The second-order valence-corrected chi connectivity index (χ2v) is 7.46. The molecule has 1 heterocycles. The first-order valence-electron chi connectivity index (χ1n) is 7.80. The molecule has 1 aliphatic carbocycles. The van der Waals surface area contributed by atoms with E-state index in [0.717, 1.165) is 29.8 Å². The van der Waals surface area contributed by atoms with Crippen molar-refractivity contribution in [2.24, 2.45) is 5.92 Å². The molecule has 122 valence electrons. The Morgan fingerprint density at radius 1 is 1.38 bits per heavy atom. The molecule has 0 bridgehead atoms. The second kappa shape index (κ2) is 7.12. The van der Waals surface area contributed by atoms with Crippen LogP contribution in [0.15, 0.2) is 30.3 Å². The summed E-state index contributed by atoms with van der Waals surface area (Å²) >= 11 is 6.81. The van der Waals surface area contributed by atoms with Crippen molar-refractivity contribution in [2.45, 2.75) is 26.2 Å². The number of nitriles is 1. The zero-order valence-electron chi connectivity index (χ0n) is 13.3. The van der Waals surface area contributed by atoms with Crippen molar-refractivity contribution >= 4 is 39.6 Å². The van der Waals surface area contributed by atoms with Gasteiger partial charge in [0.2, 0.25) is 0 Å². The quantitative estimate of drug-likeness (QED) is 0.803. The second-order valence-electron chi connectivity index (χ2n) is 5.94. The lowest BCUT2D eigenvalue weighted by Gasteiger charge is -2.17. The van der Waals surface area contributed by atoms with E-state index in [4.69, 9.17) is 12.2 Å². The Morgan fingerprint density at radius 3 is 2.83 bits per heavy atom. The van der Waals surface area contributed by atoms with Crippen LogP contribution in [0, 0.1) is 17.2 Å². The fraction of sp³-hybridized carbons (Fsp3) is 0.278. The smallest absolute Gasteiger partial charge is 0.257 e. The van der Waals surface area contributed by atoms with E-state index in [2.05, 4.69) is 23.6 Å². The van der Waals surface area contributed by atoms with Crippen molar-refractivity contribution in [3.05, 3.63) is 51.9 Å². The minimum atomic E-state index is -0.262. The summed E-state index contributed by atoms with van der Waals surface area (Å²) in [5.74, 6) is 0.332. The highest BCUT2D eigenvalue weighted by Crippen LogP contribution is 2.39. The summed E-state index contributed by atoms with van der Waals surface area (Å²) in [5, 5.41) is 16.1. The normalized spacial score (nSPS) is 15.9. The number of carbonyl (C=O) groups excluding carboxylic acids is 1. The fourth-order valence-electron chi connectivity index (χ4n) is 2.86. The van der Waals surface area contributed by atoms with Crippen LogP contribution in [0.4, 0.5) is 5.00 Å². The van der Waals surface area contributed by atoms with Gasteiger partial charge in [0.15, 0.2) is 5.11 Å². The van der Waals surface area contributed by atoms with E-state index in [9.17, 15) is 10.1 Å². The van der Waals surface area contributed by atoms with Crippen molar-refractivity contribution in [3.63, 3.8) is 0 Å². The summed E-state index contributed by atoms with van der Waals surface area (Å²) < 4.78 is 0. The standard InChI is InChI=1S/C18H17N3OS2/c1-11-7-8-15-13(9-11)14(10-19)17(24-15)21-18(23)20-16(22)12-5-3-2-4-6-12/h2-6,11H,7-9H2,1H3,(H2,20,21,22,23)/t11-/m0/s1. The van der Waals surface area contributed by atoms with Crippen LogP contribution >= 0.6 is 23.6 Å². The Kier molecular flexibility index (Phi) is 4.93. The number of thiophene rings is 1. The first kappa shape index (κ1) is 16.6. The third-order valence-corrected chi connectivity index (χ3v) is 5.52. The zero-order valence-corrected chi connectivity index (χ0v) is 14.9. The maximum absolute atomic E-state index is 12.1. The highest BCUT2D eigenvalue weighted by atomic mass is 32.1. The average Bonchev–Trinajstić information content (AvgIpc) is 2.91. The third-order valence-electron chi connectivity index (χ3n) is 4.11. The largest absolute Gasteiger partial charge is 0.323 e. The zero-order chi connectivity index (χ0) is 17.1. The molecule has 0 saturated carbocycles. The molecule has 0 saturated heterocycles. The van der Waals surface area contributed by atoms with Gasteiger partial charge >= 0.3 is 0 Å². The Balaban J connectivity index is 1.73. The topological polar surface area (TPSA) is 64.9 Å². The van der Waals surface area contributed by atoms with E-state index in [1.54, 1.807) is 35.6 Å². The first-order chi connectivity index (χ1) is 11.6. The number of carbonyl (C=O) groups is 1. The number of fused-ring (bicyclic) bond motifs is 1. The van der Waals surface area contributed by atoms with Gasteiger partial charge in [-0.15, -0.1) is 11.3 Å². The molecule has 1 aromatic heterocycles. The van der Waals surface area contributed by atoms with Crippen LogP contribution in [0.1, 0.15) is 39.7 Å². The predicted molar refractivity (Wildman–Crippen MR) is 100 cm³/mol. The number of thiocarbonyl (C=S) groups is 1. The minimum Gasteiger partial charge on any atom is -0.323 e. The predicted octanol–water partition coefficient (Wildman–Crippen LogP) is 3.87. The molecule has 0 radical (unpaired) electrons. The Labute approximate surface area is 150 Å². The van der Waals surface area contributed by atoms with Gasteiger partial charge in [-0.05, 0) is 55.1 Å². The highest BCUT2D eigenvalue weighted by molar-refractivity contribution is 7.80. The Bertz CT molecular complexity index is 821. The number of hydrogen-bond donors (Lipinski definition) is 2. The van der Waals surface area contributed by atoms with Crippen LogP contribution in [-0.2, 0) is 12.8 Å². The van der Waals surface area contributed by atoms with Crippen molar-refractivity contribution < 1.29 is 4.79 Å². The molecule has 0 unspecified atom stereocenters. The number of benzene rings is 1. The molecule has 0 fully saturated rings. The fourth-order valence-corrected chi connectivity index (χ4v) is 4.32.